The molecule has 1 aromatic rings. The maximum atomic E-state index is 5.93. The summed E-state index contributed by atoms with van der Waals surface area (Å²) in [4.78, 5) is 0.401. The summed E-state index contributed by atoms with van der Waals surface area (Å²) in [7, 11) is 0. The first-order chi connectivity index (χ1) is 7.49. The zero-order valence-corrected chi connectivity index (χ0v) is 12.9. The van der Waals surface area contributed by atoms with Gasteiger partial charge in [-0.2, -0.15) is 0 Å². The van der Waals surface area contributed by atoms with E-state index < -0.39 is 0 Å². The topological polar surface area (TPSA) is 9.23 Å². The van der Waals surface area contributed by atoms with Crippen molar-refractivity contribution in [1.29, 1.82) is 0 Å². The SMILES string of the molecule is Cc1cc(C)c([C@H]2C[C@H](Br)[C@H](Br)O2)c(C)c1. The maximum absolute atomic E-state index is 5.93. The molecular formula is C13H16Br2O. The van der Waals surface area contributed by atoms with Gasteiger partial charge in [-0.25, -0.2) is 0 Å². The van der Waals surface area contributed by atoms with Crippen molar-refractivity contribution in [2.75, 3.05) is 0 Å². The molecule has 1 aliphatic rings. The lowest BCUT2D eigenvalue weighted by Gasteiger charge is -2.17. The summed E-state index contributed by atoms with van der Waals surface area (Å²) in [6, 6.07) is 4.47. The highest BCUT2D eigenvalue weighted by atomic mass is 79.9. The third kappa shape index (κ3) is 2.36. The lowest BCUT2D eigenvalue weighted by Crippen LogP contribution is -2.05. The van der Waals surface area contributed by atoms with Gasteiger partial charge in [0.2, 0.25) is 0 Å². The summed E-state index contributed by atoms with van der Waals surface area (Å²) < 4.78 is 5.93. The highest BCUT2D eigenvalue weighted by molar-refractivity contribution is 9.12. The van der Waals surface area contributed by atoms with Crippen LogP contribution in [0.15, 0.2) is 12.1 Å². The van der Waals surface area contributed by atoms with Crippen molar-refractivity contribution < 1.29 is 4.74 Å². The molecule has 3 atom stereocenters. The fourth-order valence-electron chi connectivity index (χ4n) is 2.49. The predicted molar refractivity (Wildman–Crippen MR) is 74.5 cm³/mol. The van der Waals surface area contributed by atoms with Crippen LogP contribution in [0.3, 0.4) is 0 Å². The monoisotopic (exact) mass is 346 g/mol. The first-order valence-electron chi connectivity index (χ1n) is 5.50. The molecule has 3 heteroatoms. The fourth-order valence-corrected chi connectivity index (χ4v) is 3.43. The van der Waals surface area contributed by atoms with Gasteiger partial charge in [-0.1, -0.05) is 49.6 Å². The number of benzene rings is 1. The van der Waals surface area contributed by atoms with Crippen molar-refractivity contribution in [1.82, 2.24) is 0 Å². The largest absolute Gasteiger partial charge is 0.358 e. The summed E-state index contributed by atoms with van der Waals surface area (Å²) in [6.07, 6.45) is 1.25. The standard InChI is InChI=1S/C13H16Br2O/c1-7-4-8(2)12(9(3)5-7)11-6-10(14)13(15)16-11/h4-5,10-11,13H,6H2,1-3H3/t10-,11+,13+/m0/s1. The highest BCUT2D eigenvalue weighted by Gasteiger charge is 2.33. The van der Waals surface area contributed by atoms with Crippen LogP contribution in [-0.2, 0) is 4.74 Å². The van der Waals surface area contributed by atoms with E-state index >= 15 is 0 Å². The first-order valence-corrected chi connectivity index (χ1v) is 7.33. The van der Waals surface area contributed by atoms with E-state index in [0.29, 0.717) is 4.83 Å². The Morgan fingerprint density at radius 3 is 2.12 bits per heavy atom. The number of alkyl halides is 2. The second-order valence-electron chi connectivity index (χ2n) is 4.54. The number of ether oxygens (including phenoxy) is 1. The summed E-state index contributed by atoms with van der Waals surface area (Å²) in [5, 5.41) is 0.123. The molecule has 0 aromatic heterocycles. The fraction of sp³-hybridized carbons (Fsp3) is 0.538. The van der Waals surface area contributed by atoms with E-state index in [1.807, 2.05) is 0 Å². The Bertz CT molecular complexity index is 370. The van der Waals surface area contributed by atoms with E-state index in [1.165, 1.54) is 22.3 Å². The first kappa shape index (κ1) is 12.6. The summed E-state index contributed by atoms with van der Waals surface area (Å²) in [5.74, 6) is 0. The molecule has 0 amide bonds. The van der Waals surface area contributed by atoms with E-state index in [0.717, 1.165) is 6.42 Å². The van der Waals surface area contributed by atoms with Gasteiger partial charge in [0.25, 0.3) is 0 Å². The maximum Gasteiger partial charge on any atom is 0.125 e. The van der Waals surface area contributed by atoms with E-state index in [2.05, 4.69) is 64.8 Å². The van der Waals surface area contributed by atoms with Crippen molar-refractivity contribution >= 4 is 31.9 Å². The average Bonchev–Trinajstić information content (AvgIpc) is 2.44. The van der Waals surface area contributed by atoms with Gasteiger partial charge >= 0.3 is 0 Å². The molecule has 1 saturated heterocycles. The minimum atomic E-state index is 0.123. The van der Waals surface area contributed by atoms with E-state index in [4.69, 9.17) is 4.74 Å². The lowest BCUT2D eigenvalue weighted by molar-refractivity contribution is 0.0961. The van der Waals surface area contributed by atoms with E-state index in [1.54, 1.807) is 0 Å². The van der Waals surface area contributed by atoms with E-state index in [9.17, 15) is 0 Å². The number of aryl methyl sites for hydroxylation is 3. The van der Waals surface area contributed by atoms with Crippen molar-refractivity contribution in [3.05, 3.63) is 34.4 Å². The summed E-state index contributed by atoms with van der Waals surface area (Å²) in [6.45, 7) is 6.48. The minimum absolute atomic E-state index is 0.123. The molecule has 0 N–H and O–H groups in total. The third-order valence-electron chi connectivity index (χ3n) is 3.08. The normalized spacial score (nSPS) is 29.7. The van der Waals surface area contributed by atoms with Crippen LogP contribution in [-0.4, -0.2) is 9.84 Å². The smallest absolute Gasteiger partial charge is 0.125 e. The quantitative estimate of drug-likeness (QED) is 0.677. The van der Waals surface area contributed by atoms with Gasteiger partial charge in [-0.15, -0.1) is 0 Å². The molecule has 1 aromatic carbocycles. The molecule has 0 saturated carbocycles. The molecule has 0 spiro atoms. The zero-order valence-electron chi connectivity index (χ0n) is 9.76. The van der Waals surface area contributed by atoms with Crippen molar-refractivity contribution in [2.45, 2.75) is 43.1 Å². The van der Waals surface area contributed by atoms with Crippen LogP contribution in [0.2, 0.25) is 0 Å². The second-order valence-corrected chi connectivity index (χ2v) is 6.62. The van der Waals surface area contributed by atoms with Gasteiger partial charge in [0.1, 0.15) is 5.01 Å². The molecule has 1 fully saturated rings. The van der Waals surface area contributed by atoms with Crippen molar-refractivity contribution in [3.63, 3.8) is 0 Å². The van der Waals surface area contributed by atoms with Crippen molar-refractivity contribution in [3.8, 4) is 0 Å². The van der Waals surface area contributed by atoms with Crippen LogP contribution in [0.1, 0.15) is 34.8 Å². The van der Waals surface area contributed by atoms with Gasteiger partial charge in [-0.3, -0.25) is 0 Å². The van der Waals surface area contributed by atoms with Crippen LogP contribution in [0.25, 0.3) is 0 Å². The Balaban J connectivity index is 2.35. The Hall–Kier alpha value is 0.140. The zero-order chi connectivity index (χ0) is 11.9. The van der Waals surface area contributed by atoms with Gasteiger partial charge in [0, 0.05) is 0 Å². The molecule has 1 nitrogen and oxygen atoms in total. The van der Waals surface area contributed by atoms with Crippen LogP contribution in [0, 0.1) is 20.8 Å². The Morgan fingerprint density at radius 2 is 1.69 bits per heavy atom. The number of rotatable bonds is 1. The Morgan fingerprint density at radius 1 is 1.12 bits per heavy atom. The van der Waals surface area contributed by atoms with Crippen LogP contribution < -0.4 is 0 Å². The molecule has 1 heterocycles. The minimum Gasteiger partial charge on any atom is -0.358 e. The third-order valence-corrected chi connectivity index (χ3v) is 5.50. The molecule has 1 aliphatic heterocycles. The Labute approximate surface area is 114 Å². The molecule has 16 heavy (non-hydrogen) atoms. The van der Waals surface area contributed by atoms with Crippen molar-refractivity contribution in [2.24, 2.45) is 0 Å². The molecule has 0 aliphatic carbocycles. The van der Waals surface area contributed by atoms with Gasteiger partial charge < -0.3 is 4.74 Å². The van der Waals surface area contributed by atoms with Gasteiger partial charge in [0.05, 0.1) is 10.9 Å². The highest BCUT2D eigenvalue weighted by Crippen LogP contribution is 2.41. The second kappa shape index (κ2) is 4.79. The molecule has 2 rings (SSSR count). The molecule has 0 bridgehead atoms. The van der Waals surface area contributed by atoms with Crippen LogP contribution in [0.5, 0.6) is 0 Å². The number of hydrogen-bond acceptors (Lipinski definition) is 1. The molecular weight excluding hydrogens is 332 g/mol. The number of hydrogen-bond donors (Lipinski definition) is 0. The molecule has 88 valence electrons. The van der Waals surface area contributed by atoms with Crippen LogP contribution >= 0.6 is 31.9 Å². The number of halogens is 2. The summed E-state index contributed by atoms with van der Waals surface area (Å²) >= 11 is 7.17. The molecule has 0 unspecified atom stereocenters. The Kier molecular flexibility index (Phi) is 3.77. The van der Waals surface area contributed by atoms with Gasteiger partial charge in [-0.05, 0) is 43.9 Å². The van der Waals surface area contributed by atoms with E-state index in [-0.39, 0.29) is 11.1 Å². The summed E-state index contributed by atoms with van der Waals surface area (Å²) in [5.41, 5.74) is 5.35. The predicted octanol–water partition coefficient (Wildman–Crippen LogP) is 4.56. The lowest BCUT2D eigenvalue weighted by atomic mass is 9.94. The van der Waals surface area contributed by atoms with Crippen LogP contribution in [0.4, 0.5) is 0 Å². The van der Waals surface area contributed by atoms with Gasteiger partial charge in [0.15, 0.2) is 0 Å². The average molecular weight is 348 g/mol. The molecule has 0 radical (unpaired) electrons.